The van der Waals surface area contributed by atoms with Crippen molar-refractivity contribution in [2.45, 2.75) is 61.5 Å². The SMILES string of the molecule is C=S(C)c1cccc(-c2ccc(S(=O)(=O)N[C@@H]3CCCc4c(OCC(=O)OC(C)(C)C)cccc43)cc2)c1. The number of carbonyl (C=O) groups is 1. The van der Waals surface area contributed by atoms with E-state index in [4.69, 9.17) is 9.47 Å². The number of ether oxygens (including phenoxy) is 2. The summed E-state index contributed by atoms with van der Waals surface area (Å²) in [6, 6.07) is 20.3. The Balaban J connectivity index is 1.50. The second-order valence-electron chi connectivity index (χ2n) is 10.5. The van der Waals surface area contributed by atoms with Gasteiger partial charge in [0.2, 0.25) is 10.0 Å². The van der Waals surface area contributed by atoms with Crippen molar-refractivity contribution in [3.63, 3.8) is 0 Å². The highest BCUT2D eigenvalue weighted by Crippen LogP contribution is 2.36. The van der Waals surface area contributed by atoms with Crippen LogP contribution in [0.2, 0.25) is 0 Å². The van der Waals surface area contributed by atoms with E-state index in [1.54, 1.807) is 12.1 Å². The summed E-state index contributed by atoms with van der Waals surface area (Å²) in [7, 11) is -3.86. The van der Waals surface area contributed by atoms with Gasteiger partial charge in [0, 0.05) is 10.9 Å². The quantitative estimate of drug-likeness (QED) is 0.269. The summed E-state index contributed by atoms with van der Waals surface area (Å²) < 4.78 is 40.7. The van der Waals surface area contributed by atoms with Crippen molar-refractivity contribution in [2.75, 3.05) is 12.9 Å². The van der Waals surface area contributed by atoms with Gasteiger partial charge >= 0.3 is 5.97 Å². The molecule has 0 aromatic heterocycles. The lowest BCUT2D eigenvalue weighted by atomic mass is 9.87. The van der Waals surface area contributed by atoms with Crippen molar-refractivity contribution in [1.29, 1.82) is 0 Å². The van der Waals surface area contributed by atoms with E-state index in [2.05, 4.69) is 29.0 Å². The average molecular weight is 554 g/mol. The molecule has 38 heavy (non-hydrogen) atoms. The largest absolute Gasteiger partial charge is 0.482 e. The molecular weight excluding hydrogens is 518 g/mol. The van der Waals surface area contributed by atoms with Crippen molar-refractivity contribution in [2.24, 2.45) is 0 Å². The predicted molar refractivity (Wildman–Crippen MR) is 155 cm³/mol. The van der Waals surface area contributed by atoms with Crippen LogP contribution in [0.5, 0.6) is 5.75 Å². The van der Waals surface area contributed by atoms with E-state index < -0.39 is 21.6 Å². The van der Waals surface area contributed by atoms with Crippen LogP contribution >= 0.6 is 10.5 Å². The molecule has 4 rings (SSSR count). The molecule has 3 aromatic carbocycles. The molecule has 6 nitrogen and oxygen atoms in total. The van der Waals surface area contributed by atoms with Gasteiger partial charge < -0.3 is 9.47 Å². The molecule has 0 saturated carbocycles. The Morgan fingerprint density at radius 3 is 2.45 bits per heavy atom. The smallest absolute Gasteiger partial charge is 0.344 e. The summed E-state index contributed by atoms with van der Waals surface area (Å²) >= 11 is 0. The molecule has 1 aliphatic rings. The fourth-order valence-corrected chi connectivity index (χ4v) is 6.44. The number of carbonyl (C=O) groups excluding carboxylic acids is 1. The highest BCUT2D eigenvalue weighted by Gasteiger charge is 2.28. The second kappa shape index (κ2) is 11.4. The third kappa shape index (κ3) is 6.92. The molecule has 0 heterocycles. The van der Waals surface area contributed by atoms with Crippen LogP contribution in [0.1, 0.15) is 50.8 Å². The topological polar surface area (TPSA) is 81.7 Å². The highest BCUT2D eigenvalue weighted by atomic mass is 32.2. The third-order valence-corrected chi connectivity index (χ3v) is 8.81. The van der Waals surface area contributed by atoms with Gasteiger partial charge in [-0.1, -0.05) is 42.3 Å². The van der Waals surface area contributed by atoms with E-state index in [9.17, 15) is 13.2 Å². The lowest BCUT2D eigenvalue weighted by molar-refractivity contribution is -0.157. The molecule has 0 bridgehead atoms. The highest BCUT2D eigenvalue weighted by molar-refractivity contribution is 8.13. The Labute approximate surface area is 228 Å². The van der Waals surface area contributed by atoms with E-state index >= 15 is 0 Å². The molecule has 0 saturated heterocycles. The number of hydrogen-bond acceptors (Lipinski definition) is 5. The molecule has 1 unspecified atom stereocenters. The van der Waals surface area contributed by atoms with E-state index in [0.717, 1.165) is 40.0 Å². The van der Waals surface area contributed by atoms with Crippen molar-refractivity contribution in [3.05, 3.63) is 77.9 Å². The molecule has 3 aromatic rings. The molecule has 0 radical (unpaired) electrons. The van der Waals surface area contributed by atoms with Crippen LogP contribution < -0.4 is 9.46 Å². The first-order chi connectivity index (χ1) is 17.9. The molecule has 1 aliphatic carbocycles. The number of rotatable bonds is 8. The summed E-state index contributed by atoms with van der Waals surface area (Å²) in [5.74, 6) is 4.25. The number of nitrogens with one attached hydrogen (secondary N) is 1. The van der Waals surface area contributed by atoms with Crippen LogP contribution in [0.4, 0.5) is 0 Å². The lowest BCUT2D eigenvalue weighted by Crippen LogP contribution is -2.31. The molecular formula is C30H35NO5S2. The van der Waals surface area contributed by atoms with Gasteiger partial charge in [0.25, 0.3) is 0 Å². The zero-order chi connectivity index (χ0) is 27.5. The van der Waals surface area contributed by atoms with Gasteiger partial charge in [0.05, 0.1) is 4.90 Å². The molecule has 0 amide bonds. The van der Waals surface area contributed by atoms with Crippen LogP contribution in [-0.2, 0) is 26.0 Å². The third-order valence-electron chi connectivity index (χ3n) is 6.26. The summed E-state index contributed by atoms with van der Waals surface area (Å²) in [6.07, 6.45) is 4.29. The minimum absolute atomic E-state index is 0.102. The molecule has 202 valence electrons. The molecule has 8 heteroatoms. The van der Waals surface area contributed by atoms with Crippen molar-refractivity contribution < 1.29 is 22.7 Å². The van der Waals surface area contributed by atoms with Gasteiger partial charge in [-0.2, -0.15) is 10.5 Å². The van der Waals surface area contributed by atoms with Gasteiger partial charge in [-0.15, -0.1) is 0 Å². The minimum Gasteiger partial charge on any atom is -0.482 e. The Kier molecular flexibility index (Phi) is 8.45. The van der Waals surface area contributed by atoms with Crippen LogP contribution in [0.3, 0.4) is 0 Å². The normalized spacial score (nSPS) is 16.4. The maximum Gasteiger partial charge on any atom is 0.344 e. The van der Waals surface area contributed by atoms with Crippen LogP contribution in [0.15, 0.2) is 76.5 Å². The number of hydrogen-bond donors (Lipinski definition) is 1. The second-order valence-corrected chi connectivity index (χ2v) is 13.9. The van der Waals surface area contributed by atoms with Crippen LogP contribution in [-0.4, -0.2) is 38.7 Å². The van der Waals surface area contributed by atoms with Crippen LogP contribution in [0.25, 0.3) is 11.1 Å². The molecule has 0 fully saturated rings. The lowest BCUT2D eigenvalue weighted by Gasteiger charge is -2.28. The monoisotopic (exact) mass is 553 g/mol. The number of esters is 1. The van der Waals surface area contributed by atoms with E-state index in [0.29, 0.717) is 12.2 Å². The van der Waals surface area contributed by atoms with Crippen molar-refractivity contribution in [3.8, 4) is 16.9 Å². The zero-order valence-corrected chi connectivity index (χ0v) is 24.0. The first-order valence-corrected chi connectivity index (χ1v) is 15.9. The van der Waals surface area contributed by atoms with Crippen LogP contribution in [0, 0.1) is 0 Å². The Morgan fingerprint density at radius 1 is 1.05 bits per heavy atom. The summed E-state index contributed by atoms with van der Waals surface area (Å²) in [6.45, 7) is 5.22. The maximum absolute atomic E-state index is 13.3. The molecule has 1 N–H and O–H groups in total. The number of benzene rings is 3. The summed E-state index contributed by atoms with van der Waals surface area (Å²) in [5, 5.41) is 0. The Morgan fingerprint density at radius 2 is 1.76 bits per heavy atom. The first-order valence-electron chi connectivity index (χ1n) is 12.6. The number of sulfonamides is 1. The standard InChI is InChI=1S/C30H35NO5S2/c1-30(2,3)36-29(32)20-35-28-14-8-11-25-26(28)12-7-13-27(25)31-38(33,34)24-17-15-21(16-18-24)22-9-6-10-23(19-22)37(4)5/h6,8-11,14-19,27,31H,4,7,12-13,20H2,1-3,5H3/t27-,37?/m1/s1. The zero-order valence-electron chi connectivity index (χ0n) is 22.3. The van der Waals surface area contributed by atoms with Gasteiger partial charge in [-0.3, -0.25) is 0 Å². The fourth-order valence-electron chi connectivity index (χ4n) is 4.55. The van der Waals surface area contributed by atoms with Gasteiger partial charge in [-0.25, -0.2) is 17.9 Å². The van der Waals surface area contributed by atoms with Gasteiger partial charge in [-0.05, 0) is 98.9 Å². The minimum atomic E-state index is -3.76. The Bertz CT molecular complexity index is 1440. The summed E-state index contributed by atoms with van der Waals surface area (Å²) in [5.41, 5.74) is 3.19. The van der Waals surface area contributed by atoms with Gasteiger partial charge in [0.1, 0.15) is 11.4 Å². The maximum atomic E-state index is 13.3. The van der Waals surface area contributed by atoms with Crippen molar-refractivity contribution >= 4 is 32.3 Å². The van der Waals surface area contributed by atoms with Gasteiger partial charge in [0.15, 0.2) is 6.61 Å². The first kappa shape index (κ1) is 28.1. The molecule has 0 spiro atoms. The summed E-state index contributed by atoms with van der Waals surface area (Å²) in [4.78, 5) is 13.5. The predicted octanol–water partition coefficient (Wildman–Crippen LogP) is 6.12. The average Bonchev–Trinajstić information content (AvgIpc) is 2.86. The fraction of sp³-hybridized carbons (Fsp3) is 0.333. The van der Waals surface area contributed by atoms with E-state index in [1.807, 2.05) is 63.2 Å². The van der Waals surface area contributed by atoms with Crippen molar-refractivity contribution in [1.82, 2.24) is 4.72 Å². The Hall–Kier alpha value is -2.94. The molecule has 2 atom stereocenters. The van der Waals surface area contributed by atoms with E-state index in [-0.39, 0.29) is 28.0 Å². The van der Waals surface area contributed by atoms with E-state index in [1.165, 1.54) is 0 Å². The number of fused-ring (bicyclic) bond motifs is 1. The molecule has 0 aliphatic heterocycles.